The average Bonchev–Trinajstić information content (AvgIpc) is 2.74. The van der Waals surface area contributed by atoms with E-state index in [1.54, 1.807) is 7.05 Å². The Morgan fingerprint density at radius 1 is 1.19 bits per heavy atom. The largest absolute Gasteiger partial charge is 0.417 e. The van der Waals surface area contributed by atoms with Gasteiger partial charge in [0.25, 0.3) is 0 Å². The van der Waals surface area contributed by atoms with Gasteiger partial charge in [-0.2, -0.15) is 17.5 Å². The summed E-state index contributed by atoms with van der Waals surface area (Å²) in [7, 11) is -1.94. The zero-order valence-electron chi connectivity index (χ0n) is 17.8. The summed E-state index contributed by atoms with van der Waals surface area (Å²) in [5.41, 5.74) is -2.07. The van der Waals surface area contributed by atoms with E-state index in [9.17, 15) is 21.6 Å². The van der Waals surface area contributed by atoms with Gasteiger partial charge in [-0.05, 0) is 38.2 Å². The van der Waals surface area contributed by atoms with E-state index in [4.69, 9.17) is 4.74 Å². The van der Waals surface area contributed by atoms with Gasteiger partial charge >= 0.3 is 6.18 Å². The van der Waals surface area contributed by atoms with E-state index < -0.39 is 27.4 Å². The van der Waals surface area contributed by atoms with Crippen molar-refractivity contribution in [2.75, 3.05) is 51.8 Å². The van der Waals surface area contributed by atoms with Crippen molar-refractivity contribution in [3.8, 4) is 0 Å². The molecule has 0 spiro atoms. The molecule has 13 heteroatoms. The molecule has 1 aromatic rings. The average molecular weight is 477 g/mol. The van der Waals surface area contributed by atoms with Crippen LogP contribution in [-0.2, 0) is 14.8 Å². The fourth-order valence-corrected chi connectivity index (χ4v) is 4.78. The number of anilines is 1. The Hall–Kier alpha value is -2.19. The van der Waals surface area contributed by atoms with Crippen LogP contribution in [0.3, 0.4) is 0 Å². The summed E-state index contributed by atoms with van der Waals surface area (Å²) >= 11 is 0. The van der Waals surface area contributed by atoms with Gasteiger partial charge in [0.2, 0.25) is 16.0 Å². The van der Waals surface area contributed by atoms with Crippen LogP contribution < -0.4 is 21.3 Å². The van der Waals surface area contributed by atoms with E-state index in [0.717, 1.165) is 6.20 Å². The van der Waals surface area contributed by atoms with Crippen molar-refractivity contribution >= 4 is 21.7 Å². The second-order valence-corrected chi connectivity index (χ2v) is 9.37. The van der Waals surface area contributed by atoms with E-state index in [0.29, 0.717) is 25.4 Å². The summed E-state index contributed by atoms with van der Waals surface area (Å²) in [5, 5.41) is 11.1. The first-order chi connectivity index (χ1) is 15.1. The Balaban J connectivity index is 1.75. The lowest BCUT2D eigenvalue weighted by Crippen LogP contribution is -2.53. The number of morpholine rings is 1. The highest BCUT2D eigenvalue weighted by molar-refractivity contribution is 7.89. The molecule has 1 fully saturated rings. The van der Waals surface area contributed by atoms with Crippen molar-refractivity contribution in [2.45, 2.75) is 23.7 Å². The third-order valence-electron chi connectivity index (χ3n) is 5.09. The first kappa shape index (κ1) is 24.5. The summed E-state index contributed by atoms with van der Waals surface area (Å²) in [6, 6.07) is 5.95. The number of likely N-dealkylation sites (N-methyl/N-ethyl adjacent to an activating group) is 1. The van der Waals surface area contributed by atoms with Crippen LogP contribution in [0.15, 0.2) is 45.9 Å². The van der Waals surface area contributed by atoms with E-state index in [2.05, 4.69) is 26.3 Å². The van der Waals surface area contributed by atoms with Crippen LogP contribution in [0, 0.1) is 0 Å². The lowest BCUT2D eigenvalue weighted by molar-refractivity contribution is -0.102. The highest BCUT2D eigenvalue weighted by atomic mass is 32.2. The molecule has 1 atom stereocenters. The van der Waals surface area contributed by atoms with Crippen LogP contribution >= 0.6 is 0 Å². The molecule has 2 heterocycles. The Labute approximate surface area is 185 Å². The number of nitrogens with zero attached hydrogens (tertiary/aromatic N) is 2. The number of benzene rings is 1. The van der Waals surface area contributed by atoms with Gasteiger partial charge in [0.1, 0.15) is 5.66 Å². The first-order valence-corrected chi connectivity index (χ1v) is 11.5. The van der Waals surface area contributed by atoms with Crippen LogP contribution in [0.5, 0.6) is 0 Å². The number of hydrogen-bond donors (Lipinski definition) is 4. The third-order valence-corrected chi connectivity index (χ3v) is 7.00. The zero-order valence-corrected chi connectivity index (χ0v) is 18.6. The molecule has 3 rings (SSSR count). The van der Waals surface area contributed by atoms with Gasteiger partial charge in [0.15, 0.2) is 0 Å². The fourth-order valence-electron chi connectivity index (χ4n) is 3.37. The Morgan fingerprint density at radius 2 is 1.84 bits per heavy atom. The smallest absolute Gasteiger partial charge is 0.379 e. The van der Waals surface area contributed by atoms with Crippen molar-refractivity contribution in [3.63, 3.8) is 0 Å². The number of ether oxygens (including phenoxy) is 1. The molecule has 2 aliphatic rings. The molecular weight excluding hydrogens is 449 g/mol. The number of hydrogen-bond acceptors (Lipinski definition) is 8. The van der Waals surface area contributed by atoms with Gasteiger partial charge in [-0.25, -0.2) is 13.4 Å². The molecule has 0 saturated carbocycles. The van der Waals surface area contributed by atoms with Crippen molar-refractivity contribution in [2.24, 2.45) is 4.99 Å². The van der Waals surface area contributed by atoms with Crippen LogP contribution in [0.25, 0.3) is 0 Å². The highest BCUT2D eigenvalue weighted by Crippen LogP contribution is 2.35. The van der Waals surface area contributed by atoms with E-state index in [1.165, 1.54) is 35.5 Å². The minimum atomic E-state index is -4.57. The monoisotopic (exact) mass is 476 g/mol. The SMILES string of the molecule is CNCCNC1(C)N=C(Nc2ccc(S(=O)(=O)N3CCOCC3)cc2)NC=C1C(F)(F)F. The normalized spacial score (nSPS) is 22.7. The van der Waals surface area contributed by atoms with Gasteiger partial charge in [-0.1, -0.05) is 0 Å². The summed E-state index contributed by atoms with van der Waals surface area (Å²) in [6.45, 7) is 3.35. The molecular formula is C19H27F3N6O3S. The number of nitrogens with one attached hydrogen (secondary N) is 4. The van der Waals surface area contributed by atoms with E-state index in [-0.39, 0.29) is 30.5 Å². The first-order valence-electron chi connectivity index (χ1n) is 10.0. The maximum Gasteiger partial charge on any atom is 0.417 e. The number of rotatable bonds is 7. The number of aliphatic imine (C=N–C) groups is 1. The van der Waals surface area contributed by atoms with Crippen molar-refractivity contribution in [1.29, 1.82) is 0 Å². The molecule has 32 heavy (non-hydrogen) atoms. The van der Waals surface area contributed by atoms with E-state index in [1.807, 2.05) is 0 Å². The van der Waals surface area contributed by atoms with Crippen LogP contribution in [-0.4, -0.2) is 77.0 Å². The predicted octanol–water partition coefficient (Wildman–Crippen LogP) is 1.05. The molecule has 9 nitrogen and oxygen atoms in total. The standard InChI is InChI=1S/C19H27F3N6O3S/c1-18(25-8-7-23-2)16(19(20,21)22)13-24-17(27-18)26-14-3-5-15(6-4-14)32(29,30)28-9-11-31-12-10-28/h3-6,13,23,25H,7-12H2,1-2H3,(H2,24,26,27). The minimum absolute atomic E-state index is 0.0984. The van der Waals surface area contributed by atoms with Crippen LogP contribution in [0.1, 0.15) is 6.92 Å². The molecule has 0 aliphatic carbocycles. The molecule has 1 saturated heterocycles. The van der Waals surface area contributed by atoms with E-state index >= 15 is 0 Å². The van der Waals surface area contributed by atoms with Crippen LogP contribution in [0.2, 0.25) is 0 Å². The molecule has 0 aromatic heterocycles. The molecule has 1 unspecified atom stereocenters. The summed E-state index contributed by atoms with van der Waals surface area (Å²) in [5.74, 6) is 0.0984. The summed E-state index contributed by atoms with van der Waals surface area (Å²) < 4.78 is 72.4. The van der Waals surface area contributed by atoms with Gasteiger partial charge in [0, 0.05) is 38.1 Å². The molecule has 0 bridgehead atoms. The summed E-state index contributed by atoms with van der Waals surface area (Å²) in [6.07, 6.45) is -3.70. The molecule has 4 N–H and O–H groups in total. The second kappa shape index (κ2) is 9.75. The topological polar surface area (TPSA) is 107 Å². The zero-order chi connectivity index (χ0) is 23.4. The van der Waals surface area contributed by atoms with Gasteiger partial charge < -0.3 is 20.7 Å². The number of guanidine groups is 1. The van der Waals surface area contributed by atoms with Crippen molar-refractivity contribution in [3.05, 3.63) is 36.0 Å². The second-order valence-electron chi connectivity index (χ2n) is 7.43. The van der Waals surface area contributed by atoms with Gasteiger partial charge in [0.05, 0.1) is 23.7 Å². The van der Waals surface area contributed by atoms with Crippen LogP contribution in [0.4, 0.5) is 18.9 Å². The van der Waals surface area contributed by atoms with Gasteiger partial charge in [-0.3, -0.25) is 5.32 Å². The number of halogens is 3. The maximum absolute atomic E-state index is 13.5. The number of sulfonamides is 1. The third kappa shape index (κ3) is 5.59. The van der Waals surface area contributed by atoms with Crippen molar-refractivity contribution < 1.29 is 26.3 Å². The molecule has 0 amide bonds. The Bertz CT molecular complexity index is 960. The molecule has 178 valence electrons. The van der Waals surface area contributed by atoms with Gasteiger partial charge in [-0.15, -0.1) is 0 Å². The molecule has 0 radical (unpaired) electrons. The highest BCUT2D eigenvalue weighted by Gasteiger charge is 2.47. The Morgan fingerprint density at radius 3 is 2.44 bits per heavy atom. The maximum atomic E-state index is 13.5. The lowest BCUT2D eigenvalue weighted by Gasteiger charge is -2.34. The minimum Gasteiger partial charge on any atom is -0.379 e. The number of alkyl halides is 3. The lowest BCUT2D eigenvalue weighted by atomic mass is 10.0. The fraction of sp³-hybridized carbons (Fsp3) is 0.526. The quantitative estimate of drug-likeness (QED) is 0.436. The molecule has 1 aromatic carbocycles. The summed E-state index contributed by atoms with van der Waals surface area (Å²) in [4.78, 5) is 4.33. The predicted molar refractivity (Wildman–Crippen MR) is 115 cm³/mol. The Kier molecular flexibility index (Phi) is 7.45. The molecule has 2 aliphatic heterocycles. The van der Waals surface area contributed by atoms with Crippen molar-refractivity contribution in [1.82, 2.24) is 20.3 Å².